The number of amides is 1. The van der Waals surface area contributed by atoms with Gasteiger partial charge in [-0.05, 0) is 39.9 Å². The van der Waals surface area contributed by atoms with Crippen molar-refractivity contribution in [2.75, 3.05) is 22.5 Å². The molecule has 0 fully saturated rings. The van der Waals surface area contributed by atoms with Gasteiger partial charge in [0.15, 0.2) is 0 Å². The summed E-state index contributed by atoms with van der Waals surface area (Å²) in [6, 6.07) is 29.3. The number of carbonyl (C=O) groups is 1. The molecule has 6 aromatic rings. The maximum absolute atomic E-state index is 13.4. The van der Waals surface area contributed by atoms with Gasteiger partial charge >= 0.3 is 0 Å². The van der Waals surface area contributed by atoms with Gasteiger partial charge in [0.25, 0.3) is 5.91 Å². The number of nitrogen functional groups attached to an aromatic ring is 3. The number of benzene rings is 6. The molecule has 6 rings (SSSR count). The van der Waals surface area contributed by atoms with E-state index in [1.165, 1.54) is 0 Å². The maximum Gasteiger partial charge on any atom is 0.255 e. The first-order valence-electron chi connectivity index (χ1n) is 11.0. The molecule has 0 aromatic heterocycles. The predicted octanol–water partition coefficient (Wildman–Crippen LogP) is 6.25. The second-order valence-electron chi connectivity index (χ2n) is 8.55. The monoisotopic (exact) mass is 442 g/mol. The standard InChI is InChI=1S/C29H22N4O/c30-20-13-19(14-21(31)15-20)29(34)33-28-23-12-10-18-8-4-7-17-9-11-22(26(23)24(17)18)27(32)25(28)16-5-2-1-3-6-16/h1-15H,30-32H2,(H,33,34). The minimum Gasteiger partial charge on any atom is -0.399 e. The number of rotatable bonds is 3. The molecule has 0 saturated carbocycles. The average Bonchev–Trinajstić information content (AvgIpc) is 2.84. The van der Waals surface area contributed by atoms with Gasteiger partial charge in [0.1, 0.15) is 0 Å². The van der Waals surface area contributed by atoms with Crippen LogP contribution in [0.2, 0.25) is 0 Å². The average molecular weight is 443 g/mol. The Kier molecular flexibility index (Phi) is 4.32. The molecule has 1 amide bonds. The minimum absolute atomic E-state index is 0.300. The molecule has 5 nitrogen and oxygen atoms in total. The van der Waals surface area contributed by atoms with Gasteiger partial charge in [0.2, 0.25) is 0 Å². The van der Waals surface area contributed by atoms with Crippen LogP contribution in [0.5, 0.6) is 0 Å². The highest BCUT2D eigenvalue weighted by Crippen LogP contribution is 2.47. The fourth-order valence-electron chi connectivity index (χ4n) is 4.95. The van der Waals surface area contributed by atoms with E-state index in [9.17, 15) is 4.79 Å². The molecule has 0 aliphatic carbocycles. The maximum atomic E-state index is 13.4. The summed E-state index contributed by atoms with van der Waals surface area (Å²) in [6.45, 7) is 0. The molecule has 0 bridgehead atoms. The van der Waals surface area contributed by atoms with Crippen molar-refractivity contribution in [3.8, 4) is 11.1 Å². The van der Waals surface area contributed by atoms with E-state index in [2.05, 4.69) is 41.7 Å². The highest BCUT2D eigenvalue weighted by Gasteiger charge is 2.21. The molecule has 7 N–H and O–H groups in total. The van der Waals surface area contributed by atoms with Crippen molar-refractivity contribution in [2.45, 2.75) is 0 Å². The third-order valence-electron chi connectivity index (χ3n) is 6.40. The Labute approximate surface area is 196 Å². The zero-order chi connectivity index (χ0) is 23.4. The van der Waals surface area contributed by atoms with Crippen LogP contribution in [0.3, 0.4) is 0 Å². The van der Waals surface area contributed by atoms with Gasteiger partial charge in [0, 0.05) is 44.3 Å². The zero-order valence-corrected chi connectivity index (χ0v) is 18.3. The quantitative estimate of drug-likeness (QED) is 0.192. The van der Waals surface area contributed by atoms with Crippen molar-refractivity contribution < 1.29 is 4.79 Å². The van der Waals surface area contributed by atoms with E-state index in [1.54, 1.807) is 18.2 Å². The number of hydrogen-bond acceptors (Lipinski definition) is 4. The van der Waals surface area contributed by atoms with E-state index < -0.39 is 0 Å². The predicted molar refractivity (Wildman–Crippen MR) is 143 cm³/mol. The van der Waals surface area contributed by atoms with Crippen LogP contribution in [0.25, 0.3) is 43.4 Å². The van der Waals surface area contributed by atoms with E-state index >= 15 is 0 Å². The Balaban J connectivity index is 1.69. The number of hydrogen-bond donors (Lipinski definition) is 4. The highest BCUT2D eigenvalue weighted by molar-refractivity contribution is 6.31. The lowest BCUT2D eigenvalue weighted by molar-refractivity contribution is 0.102. The van der Waals surface area contributed by atoms with Crippen molar-refractivity contribution in [2.24, 2.45) is 0 Å². The summed E-state index contributed by atoms with van der Waals surface area (Å²) in [6.07, 6.45) is 0. The van der Waals surface area contributed by atoms with E-state index in [0.29, 0.717) is 28.3 Å². The van der Waals surface area contributed by atoms with Crippen LogP contribution in [0.1, 0.15) is 10.4 Å². The summed E-state index contributed by atoms with van der Waals surface area (Å²) >= 11 is 0. The van der Waals surface area contributed by atoms with Gasteiger partial charge in [0.05, 0.1) is 5.69 Å². The molecule has 0 aliphatic rings. The summed E-state index contributed by atoms with van der Waals surface area (Å²) in [5.41, 5.74) is 23.0. The van der Waals surface area contributed by atoms with Crippen LogP contribution in [0.4, 0.5) is 22.7 Å². The van der Waals surface area contributed by atoms with Crippen molar-refractivity contribution in [3.63, 3.8) is 0 Å². The molecule has 164 valence electrons. The summed E-state index contributed by atoms with van der Waals surface area (Å²) < 4.78 is 0. The Morgan fingerprint density at radius 3 is 1.97 bits per heavy atom. The van der Waals surface area contributed by atoms with Gasteiger partial charge in [-0.25, -0.2) is 0 Å². The molecular formula is C29H22N4O. The fraction of sp³-hybridized carbons (Fsp3) is 0. The van der Waals surface area contributed by atoms with Crippen LogP contribution >= 0.6 is 0 Å². The molecule has 5 heteroatoms. The lowest BCUT2D eigenvalue weighted by Gasteiger charge is -2.21. The molecule has 34 heavy (non-hydrogen) atoms. The van der Waals surface area contributed by atoms with E-state index in [1.807, 2.05) is 36.4 Å². The molecule has 0 atom stereocenters. The van der Waals surface area contributed by atoms with Crippen molar-refractivity contribution in [1.82, 2.24) is 0 Å². The highest BCUT2D eigenvalue weighted by atomic mass is 16.1. The minimum atomic E-state index is -0.300. The largest absolute Gasteiger partial charge is 0.399 e. The molecule has 0 heterocycles. The van der Waals surface area contributed by atoms with Crippen molar-refractivity contribution in [3.05, 3.63) is 96.6 Å². The lowest BCUT2D eigenvalue weighted by Crippen LogP contribution is -2.14. The fourth-order valence-corrected chi connectivity index (χ4v) is 4.95. The van der Waals surface area contributed by atoms with Crippen molar-refractivity contribution in [1.29, 1.82) is 0 Å². The van der Waals surface area contributed by atoms with Crippen molar-refractivity contribution >= 4 is 61.0 Å². The molecule has 0 spiro atoms. The van der Waals surface area contributed by atoms with Crippen LogP contribution in [-0.4, -0.2) is 5.91 Å². The lowest BCUT2D eigenvalue weighted by atomic mass is 9.88. The number of nitrogens with two attached hydrogens (primary N) is 3. The SMILES string of the molecule is Nc1cc(N)cc(C(=O)Nc2c(-c3ccccc3)c(N)c3ccc4cccc5ccc2c3c45)c1. The second-order valence-corrected chi connectivity index (χ2v) is 8.55. The first-order chi connectivity index (χ1) is 16.5. The van der Waals surface area contributed by atoms with Gasteiger partial charge in [-0.3, -0.25) is 4.79 Å². The van der Waals surface area contributed by atoms with Gasteiger partial charge < -0.3 is 22.5 Å². The summed E-state index contributed by atoms with van der Waals surface area (Å²) in [7, 11) is 0. The van der Waals surface area contributed by atoms with Gasteiger partial charge in [-0.15, -0.1) is 0 Å². The third kappa shape index (κ3) is 2.98. The Morgan fingerprint density at radius 2 is 1.29 bits per heavy atom. The number of carbonyl (C=O) groups excluding carboxylic acids is 1. The molecular weight excluding hydrogens is 420 g/mol. The van der Waals surface area contributed by atoms with Crippen LogP contribution in [0.15, 0.2) is 91.0 Å². The normalized spacial score (nSPS) is 11.4. The van der Waals surface area contributed by atoms with Gasteiger partial charge in [-0.1, -0.05) is 72.8 Å². The first kappa shape index (κ1) is 19.9. The van der Waals surface area contributed by atoms with Crippen LogP contribution in [-0.2, 0) is 0 Å². The Bertz CT molecular complexity index is 1690. The van der Waals surface area contributed by atoms with E-state index in [0.717, 1.165) is 43.4 Å². The van der Waals surface area contributed by atoms with E-state index in [4.69, 9.17) is 17.2 Å². The molecule has 0 unspecified atom stereocenters. The number of anilines is 4. The van der Waals surface area contributed by atoms with E-state index in [-0.39, 0.29) is 5.91 Å². The number of nitrogens with one attached hydrogen (secondary N) is 1. The molecule has 0 saturated heterocycles. The van der Waals surface area contributed by atoms with Gasteiger partial charge in [-0.2, -0.15) is 0 Å². The topological polar surface area (TPSA) is 107 Å². The summed E-state index contributed by atoms with van der Waals surface area (Å²) in [5, 5.41) is 9.46. The third-order valence-corrected chi connectivity index (χ3v) is 6.40. The molecule has 0 radical (unpaired) electrons. The smallest absolute Gasteiger partial charge is 0.255 e. The Hall–Kier alpha value is -4.77. The Morgan fingerprint density at radius 1 is 0.647 bits per heavy atom. The summed E-state index contributed by atoms with van der Waals surface area (Å²) in [4.78, 5) is 13.4. The molecule has 6 aromatic carbocycles. The molecule has 0 aliphatic heterocycles. The van der Waals surface area contributed by atoms with Crippen LogP contribution in [0, 0.1) is 0 Å². The zero-order valence-electron chi connectivity index (χ0n) is 18.3. The summed E-state index contributed by atoms with van der Waals surface area (Å²) in [5.74, 6) is -0.300. The second kappa shape index (κ2) is 7.39. The first-order valence-corrected chi connectivity index (χ1v) is 11.0. The van der Waals surface area contributed by atoms with Crippen LogP contribution < -0.4 is 22.5 Å².